The van der Waals surface area contributed by atoms with Gasteiger partial charge in [-0.3, -0.25) is 9.69 Å². The second kappa shape index (κ2) is 5.88. The van der Waals surface area contributed by atoms with Crippen molar-refractivity contribution in [3.05, 3.63) is 0 Å². The Morgan fingerprint density at radius 3 is 2.14 bits per heavy atom. The highest BCUT2D eigenvalue weighted by molar-refractivity contribution is 8.03. The van der Waals surface area contributed by atoms with Gasteiger partial charge < -0.3 is 5.11 Å². The maximum atomic E-state index is 11.1. The van der Waals surface area contributed by atoms with Crippen LogP contribution in [0.4, 0.5) is 0 Å². The van der Waals surface area contributed by atoms with Gasteiger partial charge in [-0.1, -0.05) is 13.8 Å². The molecular weight excluding hydrogens is 218 g/mol. The molecule has 1 N–H and O–H groups in total. The summed E-state index contributed by atoms with van der Waals surface area (Å²) in [5, 5.41) is 9.13. The fraction of sp³-hybridized carbons (Fsp3) is 0.889. The Labute approximate surface area is 93.6 Å². The van der Waals surface area contributed by atoms with Crippen LogP contribution in [0.1, 0.15) is 13.8 Å². The summed E-state index contributed by atoms with van der Waals surface area (Å²) in [5.74, 6) is 3.44. The standard InChI is InChI=1S/C9H17NO2S2/c1-7(2)8(9(11)12)10-5-13-3-4-14-6-10/h7-8H,3-6H2,1-2H3,(H,11,12). The number of hydrogen-bond donors (Lipinski definition) is 1. The lowest BCUT2D eigenvalue weighted by molar-refractivity contribution is -0.144. The maximum absolute atomic E-state index is 11.1. The Morgan fingerprint density at radius 2 is 1.79 bits per heavy atom. The van der Waals surface area contributed by atoms with Crippen molar-refractivity contribution in [3.8, 4) is 0 Å². The third-order valence-electron chi connectivity index (χ3n) is 2.16. The van der Waals surface area contributed by atoms with Gasteiger partial charge in [0.15, 0.2) is 0 Å². The van der Waals surface area contributed by atoms with Crippen LogP contribution in [-0.4, -0.2) is 45.3 Å². The molecule has 14 heavy (non-hydrogen) atoms. The summed E-state index contributed by atoms with van der Waals surface area (Å²) in [6.07, 6.45) is 0. The molecule has 1 unspecified atom stereocenters. The number of carbonyl (C=O) groups is 1. The van der Waals surface area contributed by atoms with Gasteiger partial charge in [0, 0.05) is 23.3 Å². The Hall–Kier alpha value is 0.130. The smallest absolute Gasteiger partial charge is 0.321 e. The first kappa shape index (κ1) is 12.2. The first-order valence-electron chi connectivity index (χ1n) is 4.75. The van der Waals surface area contributed by atoms with Crippen molar-refractivity contribution in [3.63, 3.8) is 0 Å². The number of nitrogens with zero attached hydrogens (tertiary/aromatic N) is 1. The monoisotopic (exact) mass is 235 g/mol. The average Bonchev–Trinajstić information content (AvgIpc) is 2.31. The van der Waals surface area contributed by atoms with Gasteiger partial charge in [-0.2, -0.15) is 0 Å². The summed E-state index contributed by atoms with van der Waals surface area (Å²) >= 11 is 3.66. The van der Waals surface area contributed by atoms with Gasteiger partial charge in [0.25, 0.3) is 0 Å². The van der Waals surface area contributed by atoms with Gasteiger partial charge in [-0.05, 0) is 5.92 Å². The molecule has 1 rings (SSSR count). The van der Waals surface area contributed by atoms with Crippen LogP contribution < -0.4 is 0 Å². The molecule has 82 valence electrons. The summed E-state index contributed by atoms with van der Waals surface area (Å²) in [6.45, 7) is 3.94. The van der Waals surface area contributed by atoms with Crippen molar-refractivity contribution >= 4 is 29.5 Å². The molecule has 3 nitrogen and oxygen atoms in total. The van der Waals surface area contributed by atoms with Gasteiger partial charge in [-0.15, -0.1) is 23.5 Å². The number of carboxylic acids is 1. The molecule has 1 aliphatic rings. The molecule has 0 amide bonds. The topological polar surface area (TPSA) is 40.5 Å². The summed E-state index contributed by atoms with van der Waals surface area (Å²) < 4.78 is 0. The lowest BCUT2D eigenvalue weighted by Gasteiger charge is -2.29. The van der Waals surface area contributed by atoms with Crippen molar-refractivity contribution in [2.45, 2.75) is 19.9 Å². The molecule has 1 saturated heterocycles. The molecule has 0 bridgehead atoms. The van der Waals surface area contributed by atoms with Crippen molar-refractivity contribution in [2.24, 2.45) is 5.92 Å². The second-order valence-corrected chi connectivity index (χ2v) is 5.84. The van der Waals surface area contributed by atoms with E-state index in [2.05, 4.69) is 4.90 Å². The van der Waals surface area contributed by atoms with Crippen LogP contribution in [0.3, 0.4) is 0 Å². The zero-order chi connectivity index (χ0) is 10.6. The molecule has 0 aromatic carbocycles. The predicted molar refractivity (Wildman–Crippen MR) is 62.8 cm³/mol. The van der Waals surface area contributed by atoms with E-state index in [9.17, 15) is 4.79 Å². The molecule has 0 aliphatic carbocycles. The zero-order valence-corrected chi connectivity index (χ0v) is 10.2. The molecule has 0 saturated carbocycles. The third-order valence-corrected chi connectivity index (χ3v) is 4.44. The molecule has 5 heteroatoms. The lowest BCUT2D eigenvalue weighted by atomic mass is 10.0. The van der Waals surface area contributed by atoms with Gasteiger partial charge in [0.05, 0.1) is 0 Å². The Morgan fingerprint density at radius 1 is 1.29 bits per heavy atom. The lowest BCUT2D eigenvalue weighted by Crippen LogP contribution is -2.44. The summed E-state index contributed by atoms with van der Waals surface area (Å²) in [7, 11) is 0. The fourth-order valence-corrected chi connectivity index (χ4v) is 3.83. The van der Waals surface area contributed by atoms with Crippen LogP contribution in [-0.2, 0) is 4.79 Å². The van der Waals surface area contributed by atoms with E-state index in [1.165, 1.54) is 0 Å². The predicted octanol–water partition coefficient (Wildman–Crippen LogP) is 1.79. The van der Waals surface area contributed by atoms with Crippen molar-refractivity contribution in [1.82, 2.24) is 4.90 Å². The van der Waals surface area contributed by atoms with Gasteiger partial charge >= 0.3 is 5.97 Å². The Balaban J connectivity index is 2.60. The van der Waals surface area contributed by atoms with Gasteiger partial charge in [0.2, 0.25) is 0 Å². The summed E-state index contributed by atoms with van der Waals surface area (Å²) in [6, 6.07) is -0.326. The normalized spacial score (nSPS) is 21.9. The van der Waals surface area contributed by atoms with Crippen molar-refractivity contribution in [2.75, 3.05) is 23.3 Å². The van der Waals surface area contributed by atoms with Gasteiger partial charge in [-0.25, -0.2) is 0 Å². The van der Waals surface area contributed by atoms with E-state index >= 15 is 0 Å². The molecule has 1 heterocycles. The van der Waals surface area contributed by atoms with Crippen LogP contribution in [0, 0.1) is 5.92 Å². The molecule has 1 atom stereocenters. The average molecular weight is 235 g/mol. The molecule has 0 spiro atoms. The minimum Gasteiger partial charge on any atom is -0.480 e. The van der Waals surface area contributed by atoms with E-state index in [0.717, 1.165) is 23.3 Å². The Bertz CT molecular complexity index is 191. The number of hydrogen-bond acceptors (Lipinski definition) is 4. The third kappa shape index (κ3) is 3.37. The van der Waals surface area contributed by atoms with Crippen molar-refractivity contribution < 1.29 is 9.90 Å². The Kier molecular flexibility index (Phi) is 5.12. The van der Waals surface area contributed by atoms with Gasteiger partial charge in [0.1, 0.15) is 6.04 Å². The molecule has 0 radical (unpaired) electrons. The van der Waals surface area contributed by atoms with Crippen LogP contribution in [0.25, 0.3) is 0 Å². The second-order valence-electron chi connectivity index (χ2n) is 3.69. The van der Waals surface area contributed by atoms with E-state index in [1.807, 2.05) is 37.4 Å². The number of aliphatic carboxylic acids is 1. The molecule has 0 aromatic rings. The fourth-order valence-electron chi connectivity index (χ4n) is 1.54. The first-order chi connectivity index (χ1) is 6.63. The van der Waals surface area contributed by atoms with E-state index in [1.54, 1.807) is 0 Å². The molecular formula is C9H17NO2S2. The minimum absolute atomic E-state index is 0.173. The molecule has 1 aliphatic heterocycles. The van der Waals surface area contributed by atoms with E-state index in [-0.39, 0.29) is 12.0 Å². The minimum atomic E-state index is -0.692. The first-order valence-corrected chi connectivity index (χ1v) is 7.06. The van der Waals surface area contributed by atoms with E-state index < -0.39 is 5.97 Å². The van der Waals surface area contributed by atoms with Crippen molar-refractivity contribution in [1.29, 1.82) is 0 Å². The van der Waals surface area contributed by atoms with Crippen LogP contribution in [0.15, 0.2) is 0 Å². The number of rotatable bonds is 3. The quantitative estimate of drug-likeness (QED) is 0.807. The zero-order valence-electron chi connectivity index (χ0n) is 8.60. The maximum Gasteiger partial charge on any atom is 0.321 e. The highest BCUT2D eigenvalue weighted by Crippen LogP contribution is 2.22. The van der Waals surface area contributed by atoms with E-state index in [4.69, 9.17) is 5.11 Å². The SMILES string of the molecule is CC(C)C(C(=O)O)N1CSCCSC1. The molecule has 0 aromatic heterocycles. The number of thioether (sulfide) groups is 2. The summed E-state index contributed by atoms with van der Waals surface area (Å²) in [5.41, 5.74) is 0. The molecule has 1 fully saturated rings. The summed E-state index contributed by atoms with van der Waals surface area (Å²) in [4.78, 5) is 13.2. The number of carboxylic acid groups (broad SMARTS) is 1. The largest absolute Gasteiger partial charge is 0.480 e. The van der Waals surface area contributed by atoms with Crippen LogP contribution >= 0.6 is 23.5 Å². The highest BCUT2D eigenvalue weighted by atomic mass is 32.2. The highest BCUT2D eigenvalue weighted by Gasteiger charge is 2.29. The van der Waals surface area contributed by atoms with Crippen LogP contribution in [0.5, 0.6) is 0 Å². The van der Waals surface area contributed by atoms with E-state index in [0.29, 0.717) is 0 Å². The van der Waals surface area contributed by atoms with Crippen LogP contribution in [0.2, 0.25) is 0 Å².